The summed E-state index contributed by atoms with van der Waals surface area (Å²) in [5.74, 6) is 0.499. The smallest absolute Gasteiger partial charge is 0.165 e. The molecule has 0 amide bonds. The van der Waals surface area contributed by atoms with Crippen molar-refractivity contribution < 1.29 is 5.11 Å². The van der Waals surface area contributed by atoms with Gasteiger partial charge in [-0.2, -0.15) is 9.61 Å². The number of aliphatic hydroxyl groups excluding tert-OH is 1. The van der Waals surface area contributed by atoms with Gasteiger partial charge in [0.2, 0.25) is 0 Å². The van der Waals surface area contributed by atoms with E-state index in [1.807, 2.05) is 30.5 Å². The lowest BCUT2D eigenvalue weighted by Gasteiger charge is -2.10. The van der Waals surface area contributed by atoms with Crippen molar-refractivity contribution in [3.63, 3.8) is 0 Å². The van der Waals surface area contributed by atoms with E-state index < -0.39 is 0 Å². The maximum Gasteiger partial charge on any atom is 0.165 e. The van der Waals surface area contributed by atoms with Gasteiger partial charge in [0.05, 0.1) is 21.9 Å². The first-order valence-corrected chi connectivity index (χ1v) is 9.46. The van der Waals surface area contributed by atoms with Crippen LogP contribution in [0.4, 0.5) is 5.82 Å². The van der Waals surface area contributed by atoms with Crippen LogP contribution in [-0.4, -0.2) is 37.8 Å². The molecule has 0 radical (unpaired) electrons. The molecule has 3 aromatic heterocycles. The first-order chi connectivity index (χ1) is 13.2. The second-order valence-electron chi connectivity index (χ2n) is 6.22. The van der Waals surface area contributed by atoms with Gasteiger partial charge in [-0.15, -0.1) is 0 Å². The van der Waals surface area contributed by atoms with Crippen molar-refractivity contribution in [2.75, 3.05) is 18.9 Å². The number of hydrogen-bond donors (Lipinski definition) is 3. The van der Waals surface area contributed by atoms with Crippen molar-refractivity contribution >= 4 is 38.3 Å². The minimum Gasteiger partial charge on any atom is -0.396 e. The third-order valence-electron chi connectivity index (χ3n) is 4.40. The van der Waals surface area contributed by atoms with E-state index in [9.17, 15) is 0 Å². The molecule has 8 heteroatoms. The number of anilines is 1. The molecule has 0 bridgehead atoms. The van der Waals surface area contributed by atoms with Gasteiger partial charge >= 0.3 is 0 Å². The number of nitrogen functional groups attached to an aromatic ring is 1. The standard InChI is InChI=1S/C19H19BrN6O/c20-17-16(11-22-6-3-7-27)25-19-14(10-24-26(19)18(17)21)13-8-12-4-1-2-5-15(12)23-9-13/h1-2,4-5,8-10,22,27H,3,6-7,11,21H2. The number of nitrogens with one attached hydrogen (secondary N) is 1. The molecule has 0 unspecified atom stereocenters. The summed E-state index contributed by atoms with van der Waals surface area (Å²) in [5.41, 5.74) is 10.5. The third kappa shape index (κ3) is 3.39. The van der Waals surface area contributed by atoms with Crippen LogP contribution in [0.2, 0.25) is 0 Å². The van der Waals surface area contributed by atoms with Crippen LogP contribution in [0, 0.1) is 0 Å². The topological polar surface area (TPSA) is 101 Å². The number of pyridine rings is 1. The van der Waals surface area contributed by atoms with Gasteiger partial charge in [-0.1, -0.05) is 18.2 Å². The second-order valence-corrected chi connectivity index (χ2v) is 7.02. The Morgan fingerprint density at radius 3 is 2.93 bits per heavy atom. The van der Waals surface area contributed by atoms with Gasteiger partial charge in [0.1, 0.15) is 5.82 Å². The molecule has 1 aromatic carbocycles. The third-order valence-corrected chi connectivity index (χ3v) is 5.26. The van der Waals surface area contributed by atoms with Gasteiger partial charge < -0.3 is 16.2 Å². The molecule has 0 saturated carbocycles. The molecule has 4 N–H and O–H groups in total. The van der Waals surface area contributed by atoms with Gasteiger partial charge in [-0.3, -0.25) is 4.98 Å². The normalized spacial score (nSPS) is 11.5. The Balaban J connectivity index is 1.77. The van der Waals surface area contributed by atoms with Crippen LogP contribution in [-0.2, 0) is 6.54 Å². The van der Waals surface area contributed by atoms with Crippen molar-refractivity contribution in [3.8, 4) is 11.1 Å². The zero-order valence-corrected chi connectivity index (χ0v) is 16.1. The highest BCUT2D eigenvalue weighted by Gasteiger charge is 2.16. The Kier molecular flexibility index (Phi) is 5.02. The number of fused-ring (bicyclic) bond motifs is 2. The lowest BCUT2D eigenvalue weighted by molar-refractivity contribution is 0.286. The van der Waals surface area contributed by atoms with Crippen molar-refractivity contribution in [1.82, 2.24) is 24.9 Å². The Bertz CT molecular complexity index is 1110. The average molecular weight is 427 g/mol. The van der Waals surface area contributed by atoms with Crippen LogP contribution >= 0.6 is 15.9 Å². The minimum atomic E-state index is 0.157. The van der Waals surface area contributed by atoms with Gasteiger partial charge in [0.25, 0.3) is 0 Å². The quantitative estimate of drug-likeness (QED) is 0.409. The summed E-state index contributed by atoms with van der Waals surface area (Å²) in [7, 11) is 0. The van der Waals surface area contributed by atoms with Crippen molar-refractivity contribution in [3.05, 3.63) is 52.9 Å². The maximum atomic E-state index is 8.91. The first kappa shape index (κ1) is 17.8. The summed E-state index contributed by atoms with van der Waals surface area (Å²) in [6.07, 6.45) is 4.29. The predicted molar refractivity (Wildman–Crippen MR) is 109 cm³/mol. The molecule has 4 aromatic rings. The molecule has 0 atom stereocenters. The average Bonchev–Trinajstić information content (AvgIpc) is 3.12. The zero-order valence-electron chi connectivity index (χ0n) is 14.6. The summed E-state index contributed by atoms with van der Waals surface area (Å²) < 4.78 is 2.35. The largest absolute Gasteiger partial charge is 0.396 e. The number of hydrogen-bond acceptors (Lipinski definition) is 6. The predicted octanol–water partition coefficient (Wildman–Crippen LogP) is 2.76. The van der Waals surface area contributed by atoms with E-state index in [4.69, 9.17) is 15.8 Å². The van der Waals surface area contributed by atoms with Crippen molar-refractivity contribution in [1.29, 1.82) is 0 Å². The molecule has 7 nitrogen and oxygen atoms in total. The number of nitrogens with zero attached hydrogens (tertiary/aromatic N) is 4. The summed E-state index contributed by atoms with van der Waals surface area (Å²) in [6, 6.07) is 10.1. The molecule has 138 valence electrons. The number of halogens is 1. The van der Waals surface area contributed by atoms with E-state index in [2.05, 4.69) is 37.4 Å². The number of nitrogens with two attached hydrogens (primary N) is 1. The summed E-state index contributed by atoms with van der Waals surface area (Å²) in [6.45, 7) is 1.41. The molecular formula is C19H19BrN6O. The molecule has 4 rings (SSSR count). The number of para-hydroxylation sites is 1. The summed E-state index contributed by atoms with van der Waals surface area (Å²) >= 11 is 3.52. The molecule has 0 spiro atoms. The minimum absolute atomic E-state index is 0.157. The highest BCUT2D eigenvalue weighted by atomic mass is 79.9. The molecule has 0 fully saturated rings. The van der Waals surface area contributed by atoms with Crippen LogP contribution in [0.25, 0.3) is 27.7 Å². The molecular weight excluding hydrogens is 408 g/mol. The fraction of sp³-hybridized carbons (Fsp3) is 0.211. The lowest BCUT2D eigenvalue weighted by atomic mass is 10.1. The Morgan fingerprint density at radius 2 is 2.07 bits per heavy atom. The van der Waals surface area contributed by atoms with Gasteiger partial charge in [-0.25, -0.2) is 4.98 Å². The monoisotopic (exact) mass is 426 g/mol. The first-order valence-electron chi connectivity index (χ1n) is 8.67. The van der Waals surface area contributed by atoms with Gasteiger partial charge in [0, 0.05) is 35.9 Å². The number of benzene rings is 1. The fourth-order valence-corrected chi connectivity index (χ4v) is 3.39. The van der Waals surface area contributed by atoms with E-state index in [-0.39, 0.29) is 6.61 Å². The SMILES string of the molecule is Nc1c(Br)c(CNCCCO)nc2c(-c3cnc4ccccc4c3)cnn12. The summed E-state index contributed by atoms with van der Waals surface area (Å²) in [5, 5.41) is 17.6. The Labute approximate surface area is 164 Å². The van der Waals surface area contributed by atoms with Crippen molar-refractivity contribution in [2.45, 2.75) is 13.0 Å². The second kappa shape index (κ2) is 7.59. The molecule has 27 heavy (non-hydrogen) atoms. The van der Waals surface area contributed by atoms with Crippen LogP contribution in [0.15, 0.2) is 47.2 Å². The molecule has 0 aliphatic heterocycles. The number of rotatable bonds is 6. The van der Waals surface area contributed by atoms with Gasteiger partial charge in [0.15, 0.2) is 5.65 Å². The highest BCUT2D eigenvalue weighted by Crippen LogP contribution is 2.30. The van der Waals surface area contributed by atoms with Crippen LogP contribution in [0.1, 0.15) is 12.1 Å². The molecule has 0 saturated heterocycles. The highest BCUT2D eigenvalue weighted by molar-refractivity contribution is 9.10. The lowest BCUT2D eigenvalue weighted by Crippen LogP contribution is -2.18. The molecule has 3 heterocycles. The summed E-state index contributed by atoms with van der Waals surface area (Å²) in [4.78, 5) is 9.31. The number of aliphatic hydroxyl groups is 1. The van der Waals surface area contributed by atoms with E-state index in [0.717, 1.165) is 32.2 Å². The Hall–Kier alpha value is -2.55. The van der Waals surface area contributed by atoms with E-state index >= 15 is 0 Å². The van der Waals surface area contributed by atoms with Gasteiger partial charge in [-0.05, 0) is 41.0 Å². The van der Waals surface area contributed by atoms with Crippen LogP contribution in [0.3, 0.4) is 0 Å². The number of aromatic nitrogens is 4. The molecule has 0 aliphatic rings. The van der Waals surface area contributed by atoms with Crippen molar-refractivity contribution in [2.24, 2.45) is 0 Å². The zero-order chi connectivity index (χ0) is 18.8. The van der Waals surface area contributed by atoms with E-state index in [1.165, 1.54) is 0 Å². The van der Waals surface area contributed by atoms with E-state index in [0.29, 0.717) is 31.0 Å². The van der Waals surface area contributed by atoms with Crippen LogP contribution in [0.5, 0.6) is 0 Å². The molecule has 0 aliphatic carbocycles. The Morgan fingerprint density at radius 1 is 1.22 bits per heavy atom. The maximum absolute atomic E-state index is 8.91. The van der Waals surface area contributed by atoms with E-state index in [1.54, 1.807) is 10.7 Å². The van der Waals surface area contributed by atoms with Crippen LogP contribution < -0.4 is 11.1 Å². The fourth-order valence-electron chi connectivity index (χ4n) is 2.99.